The van der Waals surface area contributed by atoms with Gasteiger partial charge in [-0.2, -0.15) is 0 Å². The molecule has 0 bridgehead atoms. The van der Waals surface area contributed by atoms with Crippen LogP contribution in [0.3, 0.4) is 0 Å². The minimum Gasteiger partial charge on any atom is -0.497 e. The van der Waals surface area contributed by atoms with Gasteiger partial charge in [-0.25, -0.2) is 8.42 Å². The van der Waals surface area contributed by atoms with E-state index in [1.165, 1.54) is 26.4 Å². The number of ether oxygens (including phenoxy) is 3. The summed E-state index contributed by atoms with van der Waals surface area (Å²) in [5, 5.41) is 3.07. The lowest BCUT2D eigenvalue weighted by Gasteiger charge is -2.34. The summed E-state index contributed by atoms with van der Waals surface area (Å²) in [6, 6.07) is 9.49. The lowest BCUT2D eigenvalue weighted by Crippen LogP contribution is -2.48. The van der Waals surface area contributed by atoms with Gasteiger partial charge in [0.05, 0.1) is 38.4 Å². The van der Waals surface area contributed by atoms with Crippen LogP contribution in [0.1, 0.15) is 0 Å². The third kappa shape index (κ3) is 4.10. The molecule has 0 aliphatic carbocycles. The zero-order valence-corrected chi connectivity index (χ0v) is 17.0. The first-order valence-electron chi connectivity index (χ1n) is 8.19. The van der Waals surface area contributed by atoms with Gasteiger partial charge in [-0.3, -0.25) is 9.10 Å². The highest BCUT2D eigenvalue weighted by Crippen LogP contribution is 2.37. The van der Waals surface area contributed by atoms with Crippen LogP contribution in [0.15, 0.2) is 36.4 Å². The van der Waals surface area contributed by atoms with Crippen LogP contribution in [-0.2, 0) is 14.8 Å². The molecular formula is C18H19ClN2O6S. The van der Waals surface area contributed by atoms with E-state index in [0.29, 0.717) is 27.9 Å². The average molecular weight is 427 g/mol. The minimum absolute atomic E-state index is 0.184. The molecule has 0 radical (unpaired) electrons. The van der Waals surface area contributed by atoms with Crippen molar-refractivity contribution in [1.82, 2.24) is 0 Å². The number of carbonyl (C=O) groups is 1. The van der Waals surface area contributed by atoms with Gasteiger partial charge < -0.3 is 19.5 Å². The van der Waals surface area contributed by atoms with Crippen LogP contribution >= 0.6 is 11.6 Å². The summed E-state index contributed by atoms with van der Waals surface area (Å²) >= 11 is 5.98. The van der Waals surface area contributed by atoms with Gasteiger partial charge in [0.25, 0.3) is 5.91 Å². The molecule has 3 rings (SSSR count). The zero-order valence-electron chi connectivity index (χ0n) is 15.4. The third-order valence-electron chi connectivity index (χ3n) is 4.15. The Bertz CT molecular complexity index is 1010. The molecule has 1 heterocycles. The minimum atomic E-state index is -3.64. The maximum Gasteiger partial charge on any atom is 0.267 e. The fourth-order valence-electron chi connectivity index (χ4n) is 2.79. The summed E-state index contributed by atoms with van der Waals surface area (Å²) in [6.45, 7) is -0.184. The van der Waals surface area contributed by atoms with E-state index in [4.69, 9.17) is 25.8 Å². The van der Waals surface area contributed by atoms with Crippen molar-refractivity contribution in [2.24, 2.45) is 0 Å². The second-order valence-electron chi connectivity index (χ2n) is 6.07. The summed E-state index contributed by atoms with van der Waals surface area (Å²) in [6.07, 6.45) is -0.00000199. The van der Waals surface area contributed by atoms with Gasteiger partial charge in [-0.05, 0) is 30.3 Å². The molecule has 1 atom stereocenters. The molecular weight excluding hydrogens is 408 g/mol. The zero-order chi connectivity index (χ0) is 20.5. The fourth-order valence-corrected chi connectivity index (χ4v) is 3.86. The Morgan fingerprint density at radius 1 is 1.21 bits per heavy atom. The molecule has 0 aromatic heterocycles. The lowest BCUT2D eigenvalue weighted by atomic mass is 10.2. The van der Waals surface area contributed by atoms with E-state index in [9.17, 15) is 13.2 Å². The molecule has 1 N–H and O–H groups in total. The molecule has 1 amide bonds. The van der Waals surface area contributed by atoms with E-state index in [2.05, 4.69) is 5.32 Å². The molecule has 10 heteroatoms. The van der Waals surface area contributed by atoms with Gasteiger partial charge in [0, 0.05) is 11.1 Å². The number of amides is 1. The maximum atomic E-state index is 12.8. The largest absolute Gasteiger partial charge is 0.497 e. The number of benzene rings is 2. The van der Waals surface area contributed by atoms with Crippen molar-refractivity contribution in [2.75, 3.05) is 36.6 Å². The van der Waals surface area contributed by atoms with Gasteiger partial charge in [0.15, 0.2) is 6.10 Å². The Labute approximate surface area is 168 Å². The number of methoxy groups -OCH3 is 2. The number of anilines is 2. The number of nitrogens with one attached hydrogen (secondary N) is 1. The highest BCUT2D eigenvalue weighted by molar-refractivity contribution is 7.92. The molecule has 1 aliphatic heterocycles. The second kappa shape index (κ2) is 7.76. The Balaban J connectivity index is 1.88. The van der Waals surface area contributed by atoms with Crippen molar-refractivity contribution < 1.29 is 27.4 Å². The van der Waals surface area contributed by atoms with Crippen molar-refractivity contribution in [3.63, 3.8) is 0 Å². The third-order valence-corrected chi connectivity index (χ3v) is 5.53. The van der Waals surface area contributed by atoms with Crippen LogP contribution in [-0.4, -0.2) is 47.4 Å². The average Bonchev–Trinajstić information content (AvgIpc) is 2.66. The molecule has 0 spiro atoms. The summed E-state index contributed by atoms with van der Waals surface area (Å²) in [7, 11) is -0.658. The van der Waals surface area contributed by atoms with Crippen LogP contribution in [0.25, 0.3) is 0 Å². The number of fused-ring (bicyclic) bond motifs is 1. The van der Waals surface area contributed by atoms with E-state index in [-0.39, 0.29) is 12.3 Å². The molecule has 0 unspecified atom stereocenters. The Hall–Kier alpha value is -2.65. The van der Waals surface area contributed by atoms with E-state index in [1.807, 2.05) is 0 Å². The van der Waals surface area contributed by atoms with Crippen molar-refractivity contribution in [1.29, 1.82) is 0 Å². The number of hydrogen-bond donors (Lipinski definition) is 1. The van der Waals surface area contributed by atoms with Crippen molar-refractivity contribution in [2.45, 2.75) is 6.10 Å². The van der Waals surface area contributed by atoms with Gasteiger partial charge in [-0.15, -0.1) is 0 Å². The molecule has 0 saturated carbocycles. The Kier molecular flexibility index (Phi) is 5.57. The number of sulfonamides is 1. The molecule has 2 aromatic rings. The number of halogens is 1. The first-order valence-corrected chi connectivity index (χ1v) is 10.4. The van der Waals surface area contributed by atoms with Crippen molar-refractivity contribution in [3.8, 4) is 17.2 Å². The predicted octanol–water partition coefficient (Wildman–Crippen LogP) is 2.52. The van der Waals surface area contributed by atoms with Gasteiger partial charge in [0.2, 0.25) is 10.0 Å². The quantitative estimate of drug-likeness (QED) is 0.789. The molecule has 28 heavy (non-hydrogen) atoms. The predicted molar refractivity (Wildman–Crippen MR) is 106 cm³/mol. The first-order chi connectivity index (χ1) is 13.2. The van der Waals surface area contributed by atoms with Crippen molar-refractivity contribution in [3.05, 3.63) is 41.4 Å². The molecule has 2 aromatic carbocycles. The van der Waals surface area contributed by atoms with Crippen LogP contribution in [0.4, 0.5) is 11.4 Å². The van der Waals surface area contributed by atoms with E-state index < -0.39 is 22.0 Å². The summed E-state index contributed by atoms with van der Waals surface area (Å²) in [5.41, 5.74) is 0.700. The van der Waals surface area contributed by atoms with Gasteiger partial charge in [0.1, 0.15) is 17.2 Å². The van der Waals surface area contributed by atoms with Crippen molar-refractivity contribution >= 4 is 38.9 Å². The monoisotopic (exact) mass is 426 g/mol. The van der Waals surface area contributed by atoms with E-state index in [0.717, 1.165) is 10.6 Å². The summed E-state index contributed by atoms with van der Waals surface area (Å²) < 4.78 is 41.7. The summed E-state index contributed by atoms with van der Waals surface area (Å²) in [4.78, 5) is 12.8. The molecule has 150 valence electrons. The lowest BCUT2D eigenvalue weighted by molar-refractivity contribution is -0.122. The van der Waals surface area contributed by atoms with E-state index >= 15 is 0 Å². The molecule has 0 saturated heterocycles. The van der Waals surface area contributed by atoms with E-state index in [1.54, 1.807) is 24.3 Å². The van der Waals surface area contributed by atoms with Crippen LogP contribution in [0, 0.1) is 0 Å². The van der Waals surface area contributed by atoms with Crippen LogP contribution in [0.2, 0.25) is 5.02 Å². The van der Waals surface area contributed by atoms with Gasteiger partial charge in [-0.1, -0.05) is 11.6 Å². The normalized spacial score (nSPS) is 16.0. The SMILES string of the molecule is COc1ccc(NC(=O)[C@@H]2CN(S(C)(=O)=O)c3cc(Cl)ccc3O2)c(OC)c1. The molecule has 8 nitrogen and oxygen atoms in total. The Morgan fingerprint density at radius 2 is 1.96 bits per heavy atom. The Morgan fingerprint density at radius 3 is 2.61 bits per heavy atom. The summed E-state index contributed by atoms with van der Waals surface area (Å²) in [5.74, 6) is 0.703. The smallest absolute Gasteiger partial charge is 0.267 e. The van der Waals surface area contributed by atoms with Crippen LogP contribution in [0.5, 0.6) is 17.2 Å². The molecule has 0 fully saturated rings. The molecule has 1 aliphatic rings. The first kappa shape index (κ1) is 20.1. The maximum absolute atomic E-state index is 12.8. The fraction of sp³-hybridized carbons (Fsp3) is 0.278. The second-order valence-corrected chi connectivity index (χ2v) is 8.41. The number of carbonyl (C=O) groups excluding carboxylic acids is 1. The standard InChI is InChI=1S/C18H19ClN2O6S/c1-25-12-5-6-13(16(9-12)26-2)20-18(22)17-10-21(28(3,23)24)14-8-11(19)4-7-15(14)27-17/h4-9,17H,10H2,1-3H3,(H,20,22)/t17-/m0/s1. The highest BCUT2D eigenvalue weighted by atomic mass is 35.5. The highest BCUT2D eigenvalue weighted by Gasteiger charge is 2.35. The number of hydrogen-bond acceptors (Lipinski definition) is 6. The number of nitrogens with zero attached hydrogens (tertiary/aromatic N) is 1. The topological polar surface area (TPSA) is 94.2 Å². The van der Waals surface area contributed by atoms with Crippen LogP contribution < -0.4 is 23.8 Å². The van der Waals surface area contributed by atoms with Gasteiger partial charge >= 0.3 is 0 Å². The number of rotatable bonds is 5.